The van der Waals surface area contributed by atoms with Gasteiger partial charge in [-0.1, -0.05) is 17.7 Å². The summed E-state index contributed by atoms with van der Waals surface area (Å²) in [6.07, 6.45) is -2.44. The van der Waals surface area contributed by atoms with Crippen LogP contribution in [0.4, 0.5) is 14.5 Å². The van der Waals surface area contributed by atoms with Gasteiger partial charge in [-0.15, -0.1) is 0 Å². The van der Waals surface area contributed by atoms with Crippen molar-refractivity contribution in [3.8, 4) is 0 Å². The highest BCUT2D eigenvalue weighted by Crippen LogP contribution is 2.19. The molecule has 1 aromatic rings. The first-order valence-corrected chi connectivity index (χ1v) is 5.56. The molecule has 0 aromatic heterocycles. The molecule has 0 aliphatic heterocycles. The van der Waals surface area contributed by atoms with Crippen LogP contribution in [0.25, 0.3) is 0 Å². The Morgan fingerprint density at radius 3 is 2.65 bits per heavy atom. The molecule has 0 radical (unpaired) electrons. The van der Waals surface area contributed by atoms with E-state index >= 15 is 0 Å². The van der Waals surface area contributed by atoms with Gasteiger partial charge in [0.15, 0.2) is 0 Å². The van der Waals surface area contributed by atoms with E-state index in [-0.39, 0.29) is 26.2 Å². The van der Waals surface area contributed by atoms with Crippen molar-refractivity contribution >= 4 is 17.3 Å². The van der Waals surface area contributed by atoms with Crippen LogP contribution in [-0.4, -0.2) is 36.1 Å². The summed E-state index contributed by atoms with van der Waals surface area (Å²) in [5, 5.41) is 9.31. The van der Waals surface area contributed by atoms with Crippen LogP contribution >= 0.6 is 11.6 Å². The first-order valence-electron chi connectivity index (χ1n) is 5.18. The highest BCUT2D eigenvalue weighted by atomic mass is 35.5. The number of hydrogen-bond donors (Lipinski definition) is 2. The molecule has 0 amide bonds. The number of rotatable bonds is 6. The van der Waals surface area contributed by atoms with Crippen LogP contribution in [-0.2, 0) is 6.54 Å². The molecule has 0 saturated heterocycles. The first kappa shape index (κ1) is 14.2. The number of halogens is 3. The molecule has 6 heteroatoms. The second kappa shape index (κ2) is 6.74. The van der Waals surface area contributed by atoms with Crippen molar-refractivity contribution in [2.24, 2.45) is 0 Å². The van der Waals surface area contributed by atoms with E-state index in [0.29, 0.717) is 10.7 Å². The molecule has 3 N–H and O–H groups in total. The number of aliphatic hydroxyl groups is 1. The van der Waals surface area contributed by atoms with E-state index in [4.69, 9.17) is 22.4 Å². The van der Waals surface area contributed by atoms with Crippen LogP contribution in [0.2, 0.25) is 5.02 Å². The second-order valence-corrected chi connectivity index (χ2v) is 4.13. The van der Waals surface area contributed by atoms with E-state index in [1.54, 1.807) is 18.2 Å². The molecule has 0 unspecified atom stereocenters. The van der Waals surface area contributed by atoms with Crippen molar-refractivity contribution < 1.29 is 13.9 Å². The van der Waals surface area contributed by atoms with Crippen LogP contribution in [0.15, 0.2) is 18.2 Å². The topological polar surface area (TPSA) is 49.5 Å². The molecule has 96 valence electrons. The van der Waals surface area contributed by atoms with E-state index in [1.807, 2.05) is 0 Å². The Bertz CT molecular complexity index is 363. The molecule has 3 nitrogen and oxygen atoms in total. The van der Waals surface area contributed by atoms with Gasteiger partial charge < -0.3 is 10.8 Å². The Morgan fingerprint density at radius 1 is 1.41 bits per heavy atom. The Balaban J connectivity index is 2.71. The lowest BCUT2D eigenvalue weighted by atomic mass is 10.1. The number of nitrogens with two attached hydrogens (primary N) is 1. The van der Waals surface area contributed by atoms with Crippen molar-refractivity contribution in [2.75, 3.05) is 25.4 Å². The summed E-state index contributed by atoms with van der Waals surface area (Å²) in [4.78, 5) is 1.45. The molecule has 17 heavy (non-hydrogen) atoms. The SMILES string of the molecule is Nc1cc(Cl)ccc1CN(CCO)CC(F)F. The average molecular weight is 265 g/mol. The highest BCUT2D eigenvalue weighted by molar-refractivity contribution is 6.30. The number of alkyl halides is 2. The minimum absolute atomic E-state index is 0.166. The van der Waals surface area contributed by atoms with E-state index < -0.39 is 6.43 Å². The molecule has 0 heterocycles. The van der Waals surface area contributed by atoms with Gasteiger partial charge in [0.25, 0.3) is 6.43 Å². The summed E-state index contributed by atoms with van der Waals surface area (Å²) in [7, 11) is 0. The van der Waals surface area contributed by atoms with Gasteiger partial charge in [0.1, 0.15) is 0 Å². The van der Waals surface area contributed by atoms with E-state index in [9.17, 15) is 8.78 Å². The van der Waals surface area contributed by atoms with Crippen molar-refractivity contribution in [1.82, 2.24) is 4.90 Å². The van der Waals surface area contributed by atoms with E-state index in [0.717, 1.165) is 5.56 Å². The van der Waals surface area contributed by atoms with Crippen LogP contribution in [0.1, 0.15) is 5.56 Å². The third kappa shape index (κ3) is 4.85. The maximum atomic E-state index is 12.3. The van der Waals surface area contributed by atoms with Gasteiger partial charge in [0.2, 0.25) is 0 Å². The number of aliphatic hydroxyl groups excluding tert-OH is 1. The third-order valence-electron chi connectivity index (χ3n) is 2.31. The summed E-state index contributed by atoms with van der Waals surface area (Å²) in [6, 6.07) is 4.94. The Hall–Kier alpha value is -0.910. The summed E-state index contributed by atoms with van der Waals surface area (Å²) < 4.78 is 24.6. The summed E-state index contributed by atoms with van der Waals surface area (Å²) in [5.74, 6) is 0. The number of benzene rings is 1. The zero-order valence-corrected chi connectivity index (χ0v) is 10.00. The van der Waals surface area contributed by atoms with Gasteiger partial charge in [-0.2, -0.15) is 0 Å². The minimum Gasteiger partial charge on any atom is -0.398 e. The van der Waals surface area contributed by atoms with Crippen LogP contribution in [0.5, 0.6) is 0 Å². The van der Waals surface area contributed by atoms with Crippen LogP contribution in [0, 0.1) is 0 Å². The second-order valence-electron chi connectivity index (χ2n) is 3.69. The Morgan fingerprint density at radius 2 is 2.12 bits per heavy atom. The number of nitrogens with zero attached hydrogens (tertiary/aromatic N) is 1. The average Bonchev–Trinajstić information content (AvgIpc) is 2.21. The normalized spacial score (nSPS) is 11.4. The van der Waals surface area contributed by atoms with Gasteiger partial charge in [0.05, 0.1) is 13.2 Å². The largest absolute Gasteiger partial charge is 0.398 e. The Labute approximate surface area is 104 Å². The lowest BCUT2D eigenvalue weighted by Gasteiger charge is -2.21. The Kier molecular flexibility index (Phi) is 5.61. The van der Waals surface area contributed by atoms with Gasteiger partial charge in [-0.25, -0.2) is 8.78 Å². The molecule has 0 spiro atoms. The first-order chi connectivity index (χ1) is 8.02. The smallest absolute Gasteiger partial charge is 0.251 e. The summed E-state index contributed by atoms with van der Waals surface area (Å²) in [5.41, 5.74) is 6.93. The molecule has 0 bridgehead atoms. The molecule has 0 atom stereocenters. The number of nitrogen functional groups attached to an aromatic ring is 1. The highest BCUT2D eigenvalue weighted by Gasteiger charge is 2.13. The fourth-order valence-corrected chi connectivity index (χ4v) is 1.70. The molecule has 1 aromatic carbocycles. The van der Waals surface area contributed by atoms with Gasteiger partial charge in [-0.3, -0.25) is 4.90 Å². The van der Waals surface area contributed by atoms with Gasteiger partial charge >= 0.3 is 0 Å². The lowest BCUT2D eigenvalue weighted by Crippen LogP contribution is -2.31. The molecule has 1 rings (SSSR count). The summed E-state index contributed by atoms with van der Waals surface area (Å²) in [6.45, 7) is -0.0941. The molecule has 0 aliphatic rings. The standard InChI is InChI=1S/C11H15ClF2N2O/c12-9-2-1-8(10(15)5-9)6-16(3-4-17)7-11(13)14/h1-2,5,11,17H,3-4,6-7,15H2. The summed E-state index contributed by atoms with van der Waals surface area (Å²) >= 11 is 5.75. The maximum absolute atomic E-state index is 12.3. The monoisotopic (exact) mass is 264 g/mol. The fraction of sp³-hybridized carbons (Fsp3) is 0.455. The maximum Gasteiger partial charge on any atom is 0.251 e. The van der Waals surface area contributed by atoms with Crippen molar-refractivity contribution in [1.29, 1.82) is 0 Å². The molecule has 0 aliphatic carbocycles. The molecular formula is C11H15ClF2N2O. The zero-order valence-electron chi connectivity index (χ0n) is 9.24. The third-order valence-corrected chi connectivity index (χ3v) is 2.55. The number of anilines is 1. The fourth-order valence-electron chi connectivity index (χ4n) is 1.52. The van der Waals surface area contributed by atoms with Crippen LogP contribution in [0.3, 0.4) is 0 Å². The quantitative estimate of drug-likeness (QED) is 0.773. The predicted molar refractivity (Wildman–Crippen MR) is 64.2 cm³/mol. The predicted octanol–water partition coefficient (Wildman–Crippen LogP) is 1.98. The van der Waals surface area contributed by atoms with Gasteiger partial charge in [0, 0.05) is 23.8 Å². The van der Waals surface area contributed by atoms with Crippen molar-refractivity contribution in [2.45, 2.75) is 13.0 Å². The zero-order chi connectivity index (χ0) is 12.8. The number of hydrogen-bond acceptors (Lipinski definition) is 3. The molecular weight excluding hydrogens is 250 g/mol. The van der Waals surface area contributed by atoms with Gasteiger partial charge in [-0.05, 0) is 17.7 Å². The lowest BCUT2D eigenvalue weighted by molar-refractivity contribution is 0.0747. The minimum atomic E-state index is -2.44. The van der Waals surface area contributed by atoms with E-state index in [1.165, 1.54) is 4.90 Å². The van der Waals surface area contributed by atoms with E-state index in [2.05, 4.69) is 0 Å². The molecule has 0 fully saturated rings. The van der Waals surface area contributed by atoms with Crippen LogP contribution < -0.4 is 5.73 Å². The molecule has 0 saturated carbocycles. The van der Waals surface area contributed by atoms with Crippen molar-refractivity contribution in [3.63, 3.8) is 0 Å². The van der Waals surface area contributed by atoms with Crippen molar-refractivity contribution in [3.05, 3.63) is 28.8 Å².